The second-order valence-corrected chi connectivity index (χ2v) is 6.70. The number of nitrogens with zero attached hydrogens (tertiary/aromatic N) is 1. The molecular formula is C16H26N4O9. The van der Waals surface area contributed by atoms with Crippen molar-refractivity contribution in [3.63, 3.8) is 0 Å². The molecule has 8 N–H and O–H groups in total. The van der Waals surface area contributed by atoms with Gasteiger partial charge >= 0.3 is 11.9 Å². The Bertz CT molecular complexity index is 654. The fourth-order valence-electron chi connectivity index (χ4n) is 2.87. The number of likely N-dealkylation sites (tertiary alicyclic amines) is 1. The molecule has 13 heteroatoms. The zero-order valence-corrected chi connectivity index (χ0v) is 15.8. The van der Waals surface area contributed by atoms with Crippen LogP contribution < -0.4 is 16.4 Å². The Morgan fingerprint density at radius 2 is 1.76 bits per heavy atom. The van der Waals surface area contributed by atoms with Crippen molar-refractivity contribution in [2.45, 2.75) is 56.5 Å². The highest BCUT2D eigenvalue weighted by Gasteiger charge is 2.39. The van der Waals surface area contributed by atoms with E-state index in [1.54, 1.807) is 0 Å². The number of aliphatic hydroxyl groups is 2. The molecule has 1 aliphatic rings. The van der Waals surface area contributed by atoms with Crippen molar-refractivity contribution in [2.24, 2.45) is 5.73 Å². The normalized spacial score (nSPS) is 20.3. The van der Waals surface area contributed by atoms with Gasteiger partial charge in [0, 0.05) is 6.54 Å². The Labute approximate surface area is 165 Å². The number of hydrogen-bond donors (Lipinski definition) is 7. The van der Waals surface area contributed by atoms with Gasteiger partial charge in [-0.25, -0.2) is 4.79 Å². The Morgan fingerprint density at radius 3 is 2.24 bits per heavy atom. The summed E-state index contributed by atoms with van der Waals surface area (Å²) in [6.45, 7) is 0.541. The van der Waals surface area contributed by atoms with E-state index in [0.717, 1.165) is 4.90 Å². The number of aliphatic carboxylic acids is 2. The topological polar surface area (TPSA) is 220 Å². The van der Waals surface area contributed by atoms with Crippen LogP contribution in [0.2, 0.25) is 0 Å². The summed E-state index contributed by atoms with van der Waals surface area (Å²) in [5, 5.41) is 41.2. The monoisotopic (exact) mass is 418 g/mol. The average molecular weight is 418 g/mol. The highest BCUT2D eigenvalue weighted by molar-refractivity contribution is 5.96. The smallest absolute Gasteiger partial charge is 0.326 e. The van der Waals surface area contributed by atoms with E-state index in [-0.39, 0.29) is 13.0 Å². The summed E-state index contributed by atoms with van der Waals surface area (Å²) in [7, 11) is 0. The summed E-state index contributed by atoms with van der Waals surface area (Å²) in [4.78, 5) is 60.4. The van der Waals surface area contributed by atoms with E-state index in [9.17, 15) is 34.2 Å². The number of carboxylic acid groups (broad SMARTS) is 2. The van der Waals surface area contributed by atoms with E-state index >= 15 is 0 Å². The second-order valence-electron chi connectivity index (χ2n) is 6.70. The van der Waals surface area contributed by atoms with Gasteiger partial charge in [0.2, 0.25) is 17.7 Å². The lowest BCUT2D eigenvalue weighted by molar-refractivity contribution is -0.151. The van der Waals surface area contributed by atoms with Crippen LogP contribution in [0, 0.1) is 0 Å². The van der Waals surface area contributed by atoms with Gasteiger partial charge in [-0.1, -0.05) is 0 Å². The lowest BCUT2D eigenvalue weighted by Gasteiger charge is -2.28. The molecule has 0 aromatic rings. The first kappa shape index (κ1) is 24.3. The minimum Gasteiger partial charge on any atom is -0.481 e. The summed E-state index contributed by atoms with van der Waals surface area (Å²) in [5.74, 6) is -5.57. The Kier molecular flexibility index (Phi) is 8.94. The highest BCUT2D eigenvalue weighted by atomic mass is 16.4. The molecule has 0 aliphatic carbocycles. The molecule has 0 aromatic heterocycles. The minimum atomic E-state index is -1.61. The third-order valence-electron chi connectivity index (χ3n) is 4.41. The van der Waals surface area contributed by atoms with Crippen molar-refractivity contribution in [3.8, 4) is 0 Å². The zero-order valence-electron chi connectivity index (χ0n) is 15.8. The summed E-state index contributed by atoms with van der Waals surface area (Å²) >= 11 is 0. The third kappa shape index (κ3) is 6.66. The summed E-state index contributed by atoms with van der Waals surface area (Å²) in [5.41, 5.74) is 5.34. The van der Waals surface area contributed by atoms with E-state index in [1.807, 2.05) is 0 Å². The molecule has 0 saturated carbocycles. The minimum absolute atomic E-state index is 0.0870. The van der Waals surface area contributed by atoms with Crippen LogP contribution in [-0.4, -0.2) is 98.4 Å². The summed E-state index contributed by atoms with van der Waals surface area (Å²) < 4.78 is 0. The molecule has 0 bridgehead atoms. The van der Waals surface area contributed by atoms with E-state index in [0.29, 0.717) is 6.42 Å². The number of amides is 3. The molecule has 164 valence electrons. The third-order valence-corrected chi connectivity index (χ3v) is 4.41. The highest BCUT2D eigenvalue weighted by Crippen LogP contribution is 2.19. The number of rotatable bonds is 10. The van der Waals surface area contributed by atoms with E-state index < -0.39 is 73.0 Å². The molecule has 1 heterocycles. The van der Waals surface area contributed by atoms with Crippen LogP contribution in [0.1, 0.15) is 26.2 Å². The molecule has 1 aliphatic heterocycles. The van der Waals surface area contributed by atoms with Gasteiger partial charge < -0.3 is 41.7 Å². The van der Waals surface area contributed by atoms with Crippen LogP contribution in [0.4, 0.5) is 0 Å². The van der Waals surface area contributed by atoms with Crippen molar-refractivity contribution in [1.82, 2.24) is 15.5 Å². The van der Waals surface area contributed by atoms with Gasteiger partial charge in [0.1, 0.15) is 24.2 Å². The quantitative estimate of drug-likeness (QED) is 0.183. The molecule has 0 aromatic carbocycles. The SMILES string of the molecule is CC(O)C(NC(=O)C(N)CO)C(=O)NC(CC(=O)O)C(=O)N1CCCC1C(=O)O. The van der Waals surface area contributed by atoms with Gasteiger partial charge in [0.25, 0.3) is 0 Å². The number of aliphatic hydroxyl groups excluding tert-OH is 2. The maximum atomic E-state index is 12.7. The van der Waals surface area contributed by atoms with Crippen molar-refractivity contribution in [2.75, 3.05) is 13.2 Å². The predicted molar refractivity (Wildman–Crippen MR) is 95.2 cm³/mol. The van der Waals surface area contributed by atoms with Gasteiger partial charge in [-0.3, -0.25) is 19.2 Å². The van der Waals surface area contributed by atoms with Crippen LogP contribution in [0.15, 0.2) is 0 Å². The van der Waals surface area contributed by atoms with Gasteiger partial charge in [0.15, 0.2) is 0 Å². The number of nitrogens with one attached hydrogen (secondary N) is 2. The predicted octanol–water partition coefficient (Wildman–Crippen LogP) is -3.79. The molecule has 1 rings (SSSR count). The molecule has 1 saturated heterocycles. The fourth-order valence-corrected chi connectivity index (χ4v) is 2.87. The maximum absolute atomic E-state index is 12.7. The first-order valence-electron chi connectivity index (χ1n) is 8.89. The Balaban J connectivity index is 2.98. The maximum Gasteiger partial charge on any atom is 0.326 e. The van der Waals surface area contributed by atoms with E-state index in [1.165, 1.54) is 6.92 Å². The standard InChI is InChI=1S/C16H26N4O9/c1-7(22)12(19-13(25)8(17)6-21)14(26)18-9(5-11(23)24)15(27)20-4-2-3-10(20)16(28)29/h7-10,12,21-22H,2-6,17H2,1H3,(H,18,26)(H,19,25)(H,23,24)(H,28,29). The average Bonchev–Trinajstić information content (AvgIpc) is 3.13. The van der Waals surface area contributed by atoms with E-state index in [2.05, 4.69) is 10.6 Å². The lowest BCUT2D eigenvalue weighted by atomic mass is 10.1. The van der Waals surface area contributed by atoms with Gasteiger partial charge in [-0.2, -0.15) is 0 Å². The molecule has 0 spiro atoms. The fraction of sp³-hybridized carbons (Fsp3) is 0.688. The summed E-state index contributed by atoms with van der Waals surface area (Å²) in [6.07, 6.45) is -1.67. The van der Waals surface area contributed by atoms with Crippen molar-refractivity contribution >= 4 is 29.7 Å². The first-order valence-corrected chi connectivity index (χ1v) is 8.89. The first-order chi connectivity index (χ1) is 13.5. The van der Waals surface area contributed by atoms with Gasteiger partial charge in [0.05, 0.1) is 19.1 Å². The number of carboxylic acids is 2. The van der Waals surface area contributed by atoms with Crippen LogP contribution in [0.25, 0.3) is 0 Å². The van der Waals surface area contributed by atoms with Crippen LogP contribution >= 0.6 is 0 Å². The largest absolute Gasteiger partial charge is 0.481 e. The second kappa shape index (κ2) is 10.7. The van der Waals surface area contributed by atoms with Crippen molar-refractivity contribution in [1.29, 1.82) is 0 Å². The van der Waals surface area contributed by atoms with Gasteiger partial charge in [-0.05, 0) is 19.8 Å². The lowest BCUT2D eigenvalue weighted by Crippen LogP contribution is -2.60. The molecule has 13 nitrogen and oxygen atoms in total. The van der Waals surface area contributed by atoms with Crippen molar-refractivity contribution < 1.29 is 44.4 Å². The number of hydrogen-bond acceptors (Lipinski definition) is 8. The summed E-state index contributed by atoms with van der Waals surface area (Å²) in [6, 6.07) is -5.69. The molecule has 29 heavy (non-hydrogen) atoms. The van der Waals surface area contributed by atoms with Crippen LogP contribution in [0.3, 0.4) is 0 Å². The number of carbonyl (C=O) groups excluding carboxylic acids is 3. The van der Waals surface area contributed by atoms with Crippen LogP contribution in [-0.2, 0) is 24.0 Å². The molecular weight excluding hydrogens is 392 g/mol. The van der Waals surface area contributed by atoms with Gasteiger partial charge in [-0.15, -0.1) is 0 Å². The van der Waals surface area contributed by atoms with Crippen LogP contribution in [0.5, 0.6) is 0 Å². The Morgan fingerprint density at radius 1 is 1.14 bits per heavy atom. The zero-order chi connectivity index (χ0) is 22.3. The Hall–Kier alpha value is -2.77. The molecule has 1 fully saturated rings. The van der Waals surface area contributed by atoms with E-state index in [4.69, 9.17) is 15.9 Å². The molecule has 5 atom stereocenters. The number of carbonyl (C=O) groups is 5. The number of nitrogens with two attached hydrogens (primary N) is 1. The molecule has 5 unspecified atom stereocenters. The molecule has 3 amide bonds. The molecule has 0 radical (unpaired) electrons. The van der Waals surface area contributed by atoms with Crippen molar-refractivity contribution in [3.05, 3.63) is 0 Å².